The Morgan fingerprint density at radius 1 is 0.947 bits per heavy atom. The van der Waals surface area contributed by atoms with Crippen LogP contribution in [0.3, 0.4) is 0 Å². The fraction of sp³-hybridized carbons (Fsp3) is 0. The van der Waals surface area contributed by atoms with Crippen molar-refractivity contribution in [2.24, 2.45) is 0 Å². The summed E-state index contributed by atoms with van der Waals surface area (Å²) in [5.41, 5.74) is 0.653. The number of hydrogen-bond acceptors (Lipinski definition) is 4. The lowest BCUT2D eigenvalue weighted by Crippen LogP contribution is -1.97. The normalized spacial score (nSPS) is 10.2. The molecule has 6 nitrogen and oxygen atoms in total. The van der Waals surface area contributed by atoms with Crippen molar-refractivity contribution in [1.29, 1.82) is 0 Å². The van der Waals surface area contributed by atoms with Gasteiger partial charge in [-0.05, 0) is 28.2 Å². The van der Waals surface area contributed by atoms with Gasteiger partial charge in [0.05, 0.1) is 19.5 Å². The molecule has 0 aliphatic rings. The summed E-state index contributed by atoms with van der Waals surface area (Å²) in [4.78, 5) is 20.6. The van der Waals surface area contributed by atoms with Crippen molar-refractivity contribution in [3.05, 3.63) is 66.3 Å². The molecule has 0 spiro atoms. The second kappa shape index (κ2) is 5.31. The van der Waals surface area contributed by atoms with Crippen molar-refractivity contribution < 1.29 is 9.85 Å². The van der Waals surface area contributed by atoms with Gasteiger partial charge in [0.1, 0.15) is 0 Å². The molecule has 0 unspecified atom stereocenters. The zero-order valence-electron chi connectivity index (χ0n) is 9.45. The van der Waals surface area contributed by atoms with E-state index in [1.165, 1.54) is 6.07 Å². The molecule has 0 saturated heterocycles. The van der Waals surface area contributed by atoms with Gasteiger partial charge in [0.15, 0.2) is 0 Å². The summed E-state index contributed by atoms with van der Waals surface area (Å²) in [6.45, 7) is 0. The summed E-state index contributed by atoms with van der Waals surface area (Å²) in [6, 6.07) is 11.2. The van der Waals surface area contributed by atoms with Crippen LogP contribution >= 0.6 is 22.6 Å². The van der Waals surface area contributed by atoms with E-state index < -0.39 is 9.85 Å². The predicted molar refractivity (Wildman–Crippen MR) is 77.9 cm³/mol. The number of nitro benzene ring substituents is 2. The van der Waals surface area contributed by atoms with Crippen LogP contribution in [0.25, 0.3) is 11.1 Å². The molecule has 0 bridgehead atoms. The van der Waals surface area contributed by atoms with Gasteiger partial charge in [0.2, 0.25) is 0 Å². The van der Waals surface area contributed by atoms with Gasteiger partial charge in [-0.2, -0.15) is 0 Å². The van der Waals surface area contributed by atoms with Crippen molar-refractivity contribution in [3.63, 3.8) is 0 Å². The van der Waals surface area contributed by atoms with E-state index in [9.17, 15) is 20.2 Å². The average molecular weight is 370 g/mol. The molecule has 2 rings (SSSR count). The molecule has 96 valence electrons. The molecule has 0 aromatic heterocycles. The third-order valence-corrected chi connectivity index (χ3v) is 3.66. The summed E-state index contributed by atoms with van der Waals surface area (Å²) in [6.07, 6.45) is 0. The number of non-ortho nitro benzene ring substituents is 1. The van der Waals surface area contributed by atoms with E-state index in [2.05, 4.69) is 0 Å². The van der Waals surface area contributed by atoms with Crippen LogP contribution in [0.2, 0.25) is 0 Å². The zero-order valence-corrected chi connectivity index (χ0v) is 11.6. The first-order valence-electron chi connectivity index (χ1n) is 5.18. The maximum absolute atomic E-state index is 11.0. The smallest absolute Gasteiger partial charge is 0.258 e. The first kappa shape index (κ1) is 13.4. The second-order valence-corrected chi connectivity index (χ2v) is 4.79. The maximum atomic E-state index is 11.0. The highest BCUT2D eigenvalue weighted by Crippen LogP contribution is 2.35. The average Bonchev–Trinajstić information content (AvgIpc) is 2.39. The molecule has 0 radical (unpaired) electrons. The predicted octanol–water partition coefficient (Wildman–Crippen LogP) is 3.77. The quantitative estimate of drug-likeness (QED) is 0.468. The standard InChI is InChI=1S/C12H7IN2O4/c13-12-10(8-4-2-1-3-5-8)6-9(14(16)17)7-11(12)15(18)19/h1-7H. The van der Waals surface area contributed by atoms with Gasteiger partial charge in [0, 0.05) is 11.6 Å². The minimum Gasteiger partial charge on any atom is -0.258 e. The molecular weight excluding hydrogens is 363 g/mol. The molecule has 2 aromatic rings. The summed E-state index contributed by atoms with van der Waals surface area (Å²) >= 11 is 1.84. The largest absolute Gasteiger partial charge is 0.290 e. The van der Waals surface area contributed by atoms with E-state index in [-0.39, 0.29) is 11.4 Å². The third kappa shape index (κ3) is 2.70. The highest BCUT2D eigenvalue weighted by atomic mass is 127. The number of nitro groups is 2. The maximum Gasteiger partial charge on any atom is 0.290 e. The van der Waals surface area contributed by atoms with Crippen molar-refractivity contribution in [2.75, 3.05) is 0 Å². The Kier molecular flexibility index (Phi) is 3.74. The summed E-state index contributed by atoms with van der Waals surface area (Å²) in [7, 11) is 0. The Morgan fingerprint density at radius 3 is 2.11 bits per heavy atom. The highest BCUT2D eigenvalue weighted by Gasteiger charge is 2.22. The molecular formula is C12H7IN2O4. The molecule has 2 aromatic carbocycles. The Labute approximate surface area is 121 Å². The molecule has 0 aliphatic carbocycles. The van der Waals surface area contributed by atoms with Crippen molar-refractivity contribution >= 4 is 34.0 Å². The van der Waals surface area contributed by atoms with Crippen LogP contribution in [0.5, 0.6) is 0 Å². The first-order valence-corrected chi connectivity index (χ1v) is 6.26. The van der Waals surface area contributed by atoms with Crippen LogP contribution in [0, 0.1) is 23.8 Å². The summed E-state index contributed by atoms with van der Waals surface area (Å²) < 4.78 is 0.388. The Morgan fingerprint density at radius 2 is 1.58 bits per heavy atom. The van der Waals surface area contributed by atoms with Crippen molar-refractivity contribution in [1.82, 2.24) is 0 Å². The van der Waals surface area contributed by atoms with Crippen LogP contribution in [-0.4, -0.2) is 9.85 Å². The van der Waals surface area contributed by atoms with Crippen molar-refractivity contribution in [3.8, 4) is 11.1 Å². The molecule has 0 aliphatic heterocycles. The molecule has 0 amide bonds. The lowest BCUT2D eigenvalue weighted by molar-refractivity contribution is -0.394. The minimum absolute atomic E-state index is 0.256. The molecule has 0 atom stereocenters. The fourth-order valence-electron chi connectivity index (χ4n) is 1.66. The number of benzene rings is 2. The van der Waals surface area contributed by atoms with E-state index in [1.54, 1.807) is 24.3 Å². The number of nitrogens with zero attached hydrogens (tertiary/aromatic N) is 2. The zero-order chi connectivity index (χ0) is 14.0. The van der Waals surface area contributed by atoms with Crippen LogP contribution in [0.4, 0.5) is 11.4 Å². The highest BCUT2D eigenvalue weighted by molar-refractivity contribution is 14.1. The molecule has 0 heterocycles. The lowest BCUT2D eigenvalue weighted by Gasteiger charge is -2.05. The third-order valence-electron chi connectivity index (χ3n) is 2.53. The van der Waals surface area contributed by atoms with E-state index >= 15 is 0 Å². The molecule has 7 heteroatoms. The minimum atomic E-state index is -0.629. The molecule has 0 saturated carbocycles. The van der Waals surface area contributed by atoms with E-state index in [0.29, 0.717) is 14.7 Å². The molecule has 0 N–H and O–H groups in total. The van der Waals surface area contributed by atoms with Crippen molar-refractivity contribution in [2.45, 2.75) is 0 Å². The van der Waals surface area contributed by atoms with Crippen LogP contribution in [0.1, 0.15) is 0 Å². The Bertz CT molecular complexity index is 658. The monoisotopic (exact) mass is 370 g/mol. The number of hydrogen-bond donors (Lipinski definition) is 0. The summed E-state index contributed by atoms with van der Waals surface area (Å²) in [5, 5.41) is 21.8. The van der Waals surface area contributed by atoms with Gasteiger partial charge >= 0.3 is 0 Å². The SMILES string of the molecule is O=[N+]([O-])c1cc(-c2ccccc2)c(I)c([N+](=O)[O-])c1. The van der Waals surface area contributed by atoms with Gasteiger partial charge in [-0.1, -0.05) is 30.3 Å². The Hall–Kier alpha value is -2.03. The van der Waals surface area contributed by atoms with Crippen LogP contribution < -0.4 is 0 Å². The fourth-order valence-corrected chi connectivity index (χ4v) is 2.48. The van der Waals surface area contributed by atoms with Gasteiger partial charge in [-0.15, -0.1) is 0 Å². The first-order chi connectivity index (χ1) is 9.00. The topological polar surface area (TPSA) is 86.3 Å². The van der Waals surface area contributed by atoms with E-state index in [0.717, 1.165) is 6.07 Å². The van der Waals surface area contributed by atoms with Gasteiger partial charge in [-0.3, -0.25) is 20.2 Å². The second-order valence-electron chi connectivity index (χ2n) is 3.71. The van der Waals surface area contributed by atoms with Gasteiger partial charge < -0.3 is 0 Å². The van der Waals surface area contributed by atoms with Crippen LogP contribution in [-0.2, 0) is 0 Å². The molecule has 19 heavy (non-hydrogen) atoms. The van der Waals surface area contributed by atoms with E-state index in [4.69, 9.17) is 0 Å². The Balaban J connectivity index is 2.73. The summed E-state index contributed by atoms with van der Waals surface area (Å²) in [5.74, 6) is 0. The molecule has 0 fully saturated rings. The van der Waals surface area contributed by atoms with Gasteiger partial charge in [-0.25, -0.2) is 0 Å². The van der Waals surface area contributed by atoms with E-state index in [1.807, 2.05) is 28.7 Å². The van der Waals surface area contributed by atoms with Gasteiger partial charge in [0.25, 0.3) is 11.4 Å². The number of rotatable bonds is 3. The lowest BCUT2D eigenvalue weighted by atomic mass is 10.0. The number of halogens is 1. The van der Waals surface area contributed by atoms with Crippen LogP contribution in [0.15, 0.2) is 42.5 Å².